The van der Waals surface area contributed by atoms with Crippen molar-refractivity contribution in [2.45, 2.75) is 12.8 Å². The van der Waals surface area contributed by atoms with E-state index in [2.05, 4.69) is 6.58 Å². The maximum atomic E-state index is 8.85. The fourth-order valence-corrected chi connectivity index (χ4v) is 1.20. The molecule has 1 saturated carbocycles. The lowest BCUT2D eigenvalue weighted by Crippen LogP contribution is -2.30. The van der Waals surface area contributed by atoms with Crippen molar-refractivity contribution >= 4 is 0 Å². The lowest BCUT2D eigenvalue weighted by atomic mass is 9.74. The van der Waals surface area contributed by atoms with Crippen LogP contribution in [0.3, 0.4) is 0 Å². The Labute approximate surface area is 55.4 Å². The number of hydrogen-bond acceptors (Lipinski definition) is 2. The van der Waals surface area contributed by atoms with Crippen LogP contribution in [0, 0.1) is 11.8 Å². The van der Waals surface area contributed by atoms with Gasteiger partial charge in [-0.25, -0.2) is 0 Å². The Bertz CT molecular complexity index is 116. The average molecular weight is 127 g/mol. The van der Waals surface area contributed by atoms with Gasteiger partial charge >= 0.3 is 0 Å². The summed E-state index contributed by atoms with van der Waals surface area (Å²) >= 11 is 0. The van der Waals surface area contributed by atoms with Crippen LogP contribution in [0.15, 0.2) is 12.3 Å². The third-order valence-electron chi connectivity index (χ3n) is 2.04. The maximum absolute atomic E-state index is 8.85. The summed E-state index contributed by atoms with van der Waals surface area (Å²) < 4.78 is 0. The van der Waals surface area contributed by atoms with Gasteiger partial charge in [-0.2, -0.15) is 0 Å². The normalized spacial score (nSPS) is 33.4. The van der Waals surface area contributed by atoms with E-state index >= 15 is 0 Å². The molecule has 2 nitrogen and oxygen atoms in total. The van der Waals surface area contributed by atoms with Gasteiger partial charge in [0.25, 0.3) is 0 Å². The second-order valence-corrected chi connectivity index (χ2v) is 2.76. The summed E-state index contributed by atoms with van der Waals surface area (Å²) in [5.74, 6) is 1.32. The zero-order chi connectivity index (χ0) is 6.85. The molecule has 1 aliphatic rings. The molecule has 0 heterocycles. The van der Waals surface area contributed by atoms with E-state index < -0.39 is 0 Å². The minimum absolute atomic E-state index is 0.333. The highest BCUT2D eigenvalue weighted by molar-refractivity contribution is 4.97. The van der Waals surface area contributed by atoms with Crippen LogP contribution in [0.1, 0.15) is 12.8 Å². The van der Waals surface area contributed by atoms with Gasteiger partial charge in [-0.1, -0.05) is 6.58 Å². The molecule has 0 unspecified atom stereocenters. The van der Waals surface area contributed by atoms with Crippen molar-refractivity contribution < 1.29 is 5.11 Å². The average Bonchev–Trinajstić information content (AvgIpc) is 1.61. The summed E-state index contributed by atoms with van der Waals surface area (Å²) in [6, 6.07) is 0. The van der Waals surface area contributed by atoms with Crippen LogP contribution >= 0.6 is 0 Å². The molecule has 2 heteroatoms. The SMILES string of the molecule is C=C(O)C1CC(CN)C1. The molecule has 1 fully saturated rings. The fraction of sp³-hybridized carbons (Fsp3) is 0.714. The van der Waals surface area contributed by atoms with Crippen molar-refractivity contribution in [3.05, 3.63) is 12.3 Å². The van der Waals surface area contributed by atoms with E-state index in [4.69, 9.17) is 10.8 Å². The molecule has 0 aromatic heterocycles. The summed E-state index contributed by atoms with van der Waals surface area (Å²) in [6.45, 7) is 4.21. The zero-order valence-corrected chi connectivity index (χ0v) is 5.51. The minimum atomic E-state index is 0.333. The van der Waals surface area contributed by atoms with Gasteiger partial charge in [0.15, 0.2) is 0 Å². The van der Waals surface area contributed by atoms with Crippen molar-refractivity contribution in [1.29, 1.82) is 0 Å². The predicted octanol–water partition coefficient (Wildman–Crippen LogP) is 1.04. The first-order valence-electron chi connectivity index (χ1n) is 3.32. The Morgan fingerprint density at radius 2 is 2.22 bits per heavy atom. The molecule has 0 radical (unpaired) electrons. The Morgan fingerprint density at radius 3 is 2.56 bits per heavy atom. The summed E-state index contributed by atoms with van der Waals surface area (Å²) in [4.78, 5) is 0. The number of allylic oxidation sites excluding steroid dienone is 1. The third kappa shape index (κ3) is 1.24. The molecule has 0 spiro atoms. The van der Waals surface area contributed by atoms with Crippen molar-refractivity contribution in [3.8, 4) is 0 Å². The van der Waals surface area contributed by atoms with Gasteiger partial charge in [0.05, 0.1) is 5.76 Å². The zero-order valence-electron chi connectivity index (χ0n) is 5.51. The van der Waals surface area contributed by atoms with E-state index in [0.29, 0.717) is 17.6 Å². The number of rotatable bonds is 2. The molecular formula is C7H13NO. The van der Waals surface area contributed by atoms with E-state index in [0.717, 1.165) is 19.4 Å². The molecule has 0 aromatic rings. The monoisotopic (exact) mass is 127 g/mol. The molecule has 1 rings (SSSR count). The lowest BCUT2D eigenvalue weighted by Gasteiger charge is -2.33. The Morgan fingerprint density at radius 1 is 1.67 bits per heavy atom. The van der Waals surface area contributed by atoms with Gasteiger partial charge in [0.1, 0.15) is 0 Å². The first-order valence-corrected chi connectivity index (χ1v) is 3.32. The third-order valence-corrected chi connectivity index (χ3v) is 2.04. The second kappa shape index (κ2) is 2.40. The predicted molar refractivity (Wildman–Crippen MR) is 37.0 cm³/mol. The number of hydrogen-bond donors (Lipinski definition) is 2. The van der Waals surface area contributed by atoms with E-state index in [1.165, 1.54) is 0 Å². The number of aliphatic hydroxyl groups excluding tert-OH is 1. The largest absolute Gasteiger partial charge is 0.513 e. The highest BCUT2D eigenvalue weighted by atomic mass is 16.3. The molecule has 9 heavy (non-hydrogen) atoms. The van der Waals surface area contributed by atoms with Gasteiger partial charge in [0.2, 0.25) is 0 Å². The highest BCUT2D eigenvalue weighted by Crippen LogP contribution is 2.36. The maximum Gasteiger partial charge on any atom is 0.0882 e. The van der Waals surface area contributed by atoms with Crippen molar-refractivity contribution in [1.82, 2.24) is 0 Å². The Hall–Kier alpha value is -0.500. The quantitative estimate of drug-likeness (QED) is 0.544. The van der Waals surface area contributed by atoms with Crippen LogP contribution in [0.4, 0.5) is 0 Å². The van der Waals surface area contributed by atoms with Crippen molar-refractivity contribution in [2.75, 3.05) is 6.54 Å². The van der Waals surface area contributed by atoms with E-state index in [-0.39, 0.29) is 0 Å². The van der Waals surface area contributed by atoms with Gasteiger partial charge < -0.3 is 10.8 Å². The summed E-state index contributed by atoms with van der Waals surface area (Å²) in [5, 5.41) is 8.85. The van der Waals surface area contributed by atoms with Crippen LogP contribution in [0.25, 0.3) is 0 Å². The fourth-order valence-electron chi connectivity index (χ4n) is 1.20. The van der Waals surface area contributed by atoms with Crippen LogP contribution in [-0.2, 0) is 0 Å². The molecule has 0 aromatic carbocycles. The van der Waals surface area contributed by atoms with Gasteiger partial charge in [0, 0.05) is 5.92 Å². The summed E-state index contributed by atoms with van der Waals surface area (Å²) in [5.41, 5.74) is 5.38. The molecule has 0 amide bonds. The topological polar surface area (TPSA) is 46.2 Å². The van der Waals surface area contributed by atoms with E-state index in [1.54, 1.807) is 0 Å². The van der Waals surface area contributed by atoms with Crippen LogP contribution in [0.5, 0.6) is 0 Å². The molecule has 3 N–H and O–H groups in total. The van der Waals surface area contributed by atoms with Gasteiger partial charge in [-0.15, -0.1) is 0 Å². The molecule has 0 saturated heterocycles. The lowest BCUT2D eigenvalue weighted by molar-refractivity contribution is 0.174. The number of nitrogens with two attached hydrogens (primary N) is 1. The molecule has 0 bridgehead atoms. The smallest absolute Gasteiger partial charge is 0.0882 e. The Kier molecular flexibility index (Phi) is 1.76. The van der Waals surface area contributed by atoms with Crippen molar-refractivity contribution in [3.63, 3.8) is 0 Å². The molecule has 0 aliphatic heterocycles. The number of aliphatic hydroxyl groups is 1. The molecule has 52 valence electrons. The Balaban J connectivity index is 2.19. The highest BCUT2D eigenvalue weighted by Gasteiger charge is 2.29. The first-order chi connectivity index (χ1) is 4.24. The van der Waals surface area contributed by atoms with Gasteiger partial charge in [-0.3, -0.25) is 0 Å². The minimum Gasteiger partial charge on any atom is -0.513 e. The molecule has 0 atom stereocenters. The van der Waals surface area contributed by atoms with Crippen LogP contribution in [-0.4, -0.2) is 11.7 Å². The van der Waals surface area contributed by atoms with Crippen LogP contribution in [0.2, 0.25) is 0 Å². The molecule has 1 aliphatic carbocycles. The van der Waals surface area contributed by atoms with E-state index in [1.807, 2.05) is 0 Å². The van der Waals surface area contributed by atoms with Gasteiger partial charge in [-0.05, 0) is 25.3 Å². The first kappa shape index (κ1) is 6.62. The summed E-state index contributed by atoms with van der Waals surface area (Å²) in [7, 11) is 0. The van der Waals surface area contributed by atoms with E-state index in [9.17, 15) is 0 Å². The second-order valence-electron chi connectivity index (χ2n) is 2.76. The standard InChI is InChI=1S/C7H13NO/c1-5(9)7-2-6(3-7)4-8/h6-7,9H,1-4,8H2. The molecular weight excluding hydrogens is 114 g/mol. The van der Waals surface area contributed by atoms with Crippen LogP contribution < -0.4 is 5.73 Å². The summed E-state index contributed by atoms with van der Waals surface area (Å²) in [6.07, 6.45) is 2.07. The van der Waals surface area contributed by atoms with Crippen molar-refractivity contribution in [2.24, 2.45) is 17.6 Å².